The van der Waals surface area contributed by atoms with E-state index in [1.54, 1.807) is 0 Å². The van der Waals surface area contributed by atoms with E-state index in [1.165, 1.54) is 0 Å². The Morgan fingerprint density at radius 1 is 1.33 bits per heavy atom. The first-order chi connectivity index (χ1) is 8.90. The number of nitrogens with one attached hydrogen (secondary N) is 1. The predicted octanol–water partition coefficient (Wildman–Crippen LogP) is 0.688. The summed E-state index contributed by atoms with van der Waals surface area (Å²) >= 11 is 0. The molecule has 1 aliphatic heterocycles. The molecule has 0 radical (unpaired) electrons. The van der Waals surface area contributed by atoms with Gasteiger partial charge in [-0.25, -0.2) is 0 Å². The Morgan fingerprint density at radius 3 is 2.94 bits per heavy atom. The second-order valence-corrected chi connectivity index (χ2v) is 4.64. The van der Waals surface area contributed by atoms with Gasteiger partial charge in [0.25, 0.3) is 0 Å². The second kappa shape index (κ2) is 7.36. The van der Waals surface area contributed by atoms with Gasteiger partial charge in [-0.3, -0.25) is 4.90 Å². The molecule has 0 saturated carbocycles. The van der Waals surface area contributed by atoms with Gasteiger partial charge in [-0.15, -0.1) is 0 Å². The maximum Gasteiger partial charge on any atom is 0.119 e. The Kier molecular flexibility index (Phi) is 5.45. The normalized spacial score (nSPS) is 20.8. The van der Waals surface area contributed by atoms with Crippen LogP contribution in [0.15, 0.2) is 30.3 Å². The first-order valence-corrected chi connectivity index (χ1v) is 6.73. The zero-order chi connectivity index (χ0) is 12.6. The first kappa shape index (κ1) is 13.3. The summed E-state index contributed by atoms with van der Waals surface area (Å²) in [7, 11) is 0. The molecule has 1 atom stereocenters. The molecule has 1 heterocycles. The highest BCUT2D eigenvalue weighted by molar-refractivity contribution is 5.20. The van der Waals surface area contributed by atoms with E-state index >= 15 is 0 Å². The van der Waals surface area contributed by atoms with Gasteiger partial charge in [-0.05, 0) is 18.6 Å². The van der Waals surface area contributed by atoms with Crippen LogP contribution >= 0.6 is 0 Å². The quantitative estimate of drug-likeness (QED) is 0.728. The molecule has 1 saturated heterocycles. The average molecular weight is 249 g/mol. The Bertz CT molecular complexity index is 331. The Balaban J connectivity index is 1.65. The lowest BCUT2D eigenvalue weighted by atomic mass is 10.2. The summed E-state index contributed by atoms with van der Waals surface area (Å²) in [4.78, 5) is 2.46. The lowest BCUT2D eigenvalue weighted by Crippen LogP contribution is -2.54. The molecule has 0 aliphatic carbocycles. The van der Waals surface area contributed by atoms with Crippen molar-refractivity contribution < 1.29 is 4.74 Å². The number of para-hydroxylation sites is 1. The Hall–Kier alpha value is -1.10. The average Bonchev–Trinajstić information content (AvgIpc) is 2.45. The van der Waals surface area contributed by atoms with Gasteiger partial charge in [0, 0.05) is 38.8 Å². The zero-order valence-corrected chi connectivity index (χ0v) is 10.8. The molecule has 100 valence electrons. The van der Waals surface area contributed by atoms with E-state index in [2.05, 4.69) is 10.2 Å². The van der Waals surface area contributed by atoms with Crippen molar-refractivity contribution in [3.8, 4) is 5.75 Å². The van der Waals surface area contributed by atoms with Crippen LogP contribution in [-0.4, -0.2) is 50.3 Å². The van der Waals surface area contributed by atoms with E-state index in [-0.39, 0.29) is 0 Å². The van der Waals surface area contributed by atoms with Crippen LogP contribution in [0.4, 0.5) is 0 Å². The van der Waals surface area contributed by atoms with Crippen LogP contribution < -0.4 is 15.8 Å². The number of nitrogens with two attached hydrogens (primary N) is 1. The minimum atomic E-state index is 0.482. The molecule has 1 aliphatic rings. The van der Waals surface area contributed by atoms with E-state index in [4.69, 9.17) is 10.5 Å². The fourth-order valence-corrected chi connectivity index (χ4v) is 2.30. The van der Waals surface area contributed by atoms with Crippen molar-refractivity contribution in [1.82, 2.24) is 10.2 Å². The minimum absolute atomic E-state index is 0.482. The Labute approximate surface area is 109 Å². The number of rotatable bonds is 6. The number of piperazine rings is 1. The number of benzene rings is 1. The van der Waals surface area contributed by atoms with Crippen molar-refractivity contribution in [2.45, 2.75) is 12.5 Å². The monoisotopic (exact) mass is 249 g/mol. The van der Waals surface area contributed by atoms with Crippen molar-refractivity contribution in [1.29, 1.82) is 0 Å². The van der Waals surface area contributed by atoms with Crippen molar-refractivity contribution >= 4 is 0 Å². The van der Waals surface area contributed by atoms with Crippen LogP contribution in [-0.2, 0) is 0 Å². The molecule has 0 spiro atoms. The summed E-state index contributed by atoms with van der Waals surface area (Å²) in [6, 6.07) is 10.5. The highest BCUT2D eigenvalue weighted by Gasteiger charge is 2.19. The summed E-state index contributed by atoms with van der Waals surface area (Å²) in [6.07, 6.45) is 1.05. The van der Waals surface area contributed by atoms with E-state index in [0.29, 0.717) is 6.04 Å². The number of ether oxygens (including phenoxy) is 1. The third kappa shape index (κ3) is 3.98. The largest absolute Gasteiger partial charge is 0.494 e. The Morgan fingerprint density at radius 2 is 2.17 bits per heavy atom. The summed E-state index contributed by atoms with van der Waals surface area (Å²) in [5.74, 6) is 0.952. The molecule has 2 rings (SSSR count). The van der Waals surface area contributed by atoms with Crippen LogP contribution in [0, 0.1) is 0 Å². The highest BCUT2D eigenvalue weighted by Crippen LogP contribution is 2.09. The summed E-state index contributed by atoms with van der Waals surface area (Å²) < 4.78 is 5.69. The number of hydrogen-bond acceptors (Lipinski definition) is 4. The molecule has 1 unspecified atom stereocenters. The van der Waals surface area contributed by atoms with Gasteiger partial charge in [0.2, 0.25) is 0 Å². The predicted molar refractivity (Wildman–Crippen MR) is 73.8 cm³/mol. The summed E-state index contributed by atoms with van der Waals surface area (Å²) in [6.45, 7) is 5.73. The second-order valence-electron chi connectivity index (χ2n) is 4.64. The maximum atomic E-state index is 5.78. The molecule has 4 heteroatoms. The maximum absolute atomic E-state index is 5.78. The minimum Gasteiger partial charge on any atom is -0.494 e. The van der Waals surface area contributed by atoms with Crippen LogP contribution in [0.2, 0.25) is 0 Å². The number of hydrogen-bond donors (Lipinski definition) is 2. The van der Waals surface area contributed by atoms with Gasteiger partial charge < -0.3 is 15.8 Å². The van der Waals surface area contributed by atoms with E-state index in [0.717, 1.165) is 51.5 Å². The standard InChI is InChI=1S/C14H23N3O/c15-11-13-12-16-7-9-17(13)8-4-10-18-14-5-2-1-3-6-14/h1-3,5-6,13,16H,4,7-12,15H2. The van der Waals surface area contributed by atoms with Gasteiger partial charge in [0.15, 0.2) is 0 Å². The van der Waals surface area contributed by atoms with Crippen LogP contribution in [0.1, 0.15) is 6.42 Å². The molecule has 0 amide bonds. The van der Waals surface area contributed by atoms with Crippen molar-refractivity contribution in [3.05, 3.63) is 30.3 Å². The van der Waals surface area contributed by atoms with E-state index < -0.39 is 0 Å². The van der Waals surface area contributed by atoms with E-state index in [9.17, 15) is 0 Å². The molecule has 1 aromatic rings. The molecular formula is C14H23N3O. The molecule has 1 aromatic carbocycles. The highest BCUT2D eigenvalue weighted by atomic mass is 16.5. The third-order valence-corrected chi connectivity index (χ3v) is 3.35. The smallest absolute Gasteiger partial charge is 0.119 e. The molecular weight excluding hydrogens is 226 g/mol. The molecule has 4 nitrogen and oxygen atoms in total. The molecule has 1 fully saturated rings. The topological polar surface area (TPSA) is 50.5 Å². The van der Waals surface area contributed by atoms with Gasteiger partial charge in [-0.2, -0.15) is 0 Å². The zero-order valence-electron chi connectivity index (χ0n) is 10.8. The third-order valence-electron chi connectivity index (χ3n) is 3.35. The van der Waals surface area contributed by atoms with Crippen molar-refractivity contribution in [2.75, 3.05) is 39.3 Å². The van der Waals surface area contributed by atoms with Gasteiger partial charge in [0.1, 0.15) is 5.75 Å². The lowest BCUT2D eigenvalue weighted by Gasteiger charge is -2.35. The van der Waals surface area contributed by atoms with Crippen LogP contribution in [0.25, 0.3) is 0 Å². The van der Waals surface area contributed by atoms with Gasteiger partial charge in [-0.1, -0.05) is 18.2 Å². The SMILES string of the molecule is NCC1CNCCN1CCCOc1ccccc1. The van der Waals surface area contributed by atoms with Crippen molar-refractivity contribution in [2.24, 2.45) is 5.73 Å². The molecule has 18 heavy (non-hydrogen) atoms. The van der Waals surface area contributed by atoms with Crippen molar-refractivity contribution in [3.63, 3.8) is 0 Å². The fraction of sp³-hybridized carbons (Fsp3) is 0.571. The molecule has 0 aromatic heterocycles. The van der Waals surface area contributed by atoms with E-state index in [1.807, 2.05) is 30.3 Å². The van der Waals surface area contributed by atoms with Crippen LogP contribution in [0.5, 0.6) is 5.75 Å². The number of nitrogens with zero attached hydrogens (tertiary/aromatic N) is 1. The summed E-state index contributed by atoms with van der Waals surface area (Å²) in [5, 5.41) is 3.38. The van der Waals surface area contributed by atoms with Gasteiger partial charge in [0.05, 0.1) is 6.61 Å². The summed E-state index contributed by atoms with van der Waals surface area (Å²) in [5.41, 5.74) is 5.78. The fourth-order valence-electron chi connectivity index (χ4n) is 2.30. The van der Waals surface area contributed by atoms with Gasteiger partial charge >= 0.3 is 0 Å². The first-order valence-electron chi connectivity index (χ1n) is 6.73. The van der Waals surface area contributed by atoms with Crippen LogP contribution in [0.3, 0.4) is 0 Å². The lowest BCUT2D eigenvalue weighted by molar-refractivity contribution is 0.153. The molecule has 0 bridgehead atoms. The molecule has 3 N–H and O–H groups in total.